The Bertz CT molecular complexity index is 1550. The van der Waals surface area contributed by atoms with Crippen molar-refractivity contribution < 1.29 is 17.9 Å². The number of H-pyrrole nitrogens is 1. The number of anilines is 1. The van der Waals surface area contributed by atoms with E-state index in [1.165, 1.54) is 31.4 Å². The van der Waals surface area contributed by atoms with Gasteiger partial charge in [0.2, 0.25) is 0 Å². The van der Waals surface area contributed by atoms with E-state index in [4.69, 9.17) is 27.9 Å². The van der Waals surface area contributed by atoms with Crippen LogP contribution in [-0.4, -0.2) is 26.5 Å². The van der Waals surface area contributed by atoms with Gasteiger partial charge in [0.05, 0.1) is 16.5 Å². The molecule has 4 aromatic rings. The Kier molecular flexibility index (Phi) is 6.35. The molecular formula is C21H15Cl2N3O5S2. The molecule has 0 saturated heterocycles. The molecule has 0 aliphatic carbocycles. The van der Waals surface area contributed by atoms with E-state index in [1.54, 1.807) is 30.5 Å². The van der Waals surface area contributed by atoms with Crippen LogP contribution in [0.5, 0.6) is 5.75 Å². The van der Waals surface area contributed by atoms with Gasteiger partial charge in [0.15, 0.2) is 5.43 Å². The Morgan fingerprint density at radius 1 is 1.06 bits per heavy atom. The molecule has 0 aliphatic heterocycles. The van der Waals surface area contributed by atoms with Crippen LogP contribution >= 0.6 is 34.5 Å². The number of urea groups is 1. The van der Waals surface area contributed by atoms with Crippen molar-refractivity contribution in [1.29, 1.82) is 0 Å². The molecule has 170 valence electrons. The van der Waals surface area contributed by atoms with Crippen LogP contribution in [0.15, 0.2) is 63.7 Å². The first-order valence-electron chi connectivity index (χ1n) is 9.26. The van der Waals surface area contributed by atoms with Crippen molar-refractivity contribution in [1.82, 2.24) is 9.71 Å². The smallest absolute Gasteiger partial charge is 0.333 e. The maximum atomic E-state index is 13.0. The van der Waals surface area contributed by atoms with Gasteiger partial charge in [-0.25, -0.2) is 17.9 Å². The number of benzene rings is 2. The number of carbonyl (C=O) groups excluding carboxylic acids is 1. The molecule has 12 heteroatoms. The fourth-order valence-electron chi connectivity index (χ4n) is 3.11. The SMILES string of the molecule is COc1ccc2[nH]cc(-c3ccc(NC(=O)NS(=O)(=O)c4ccc(Cl)s4)cc3Cl)c(=O)c2c1. The minimum atomic E-state index is -4.07. The van der Waals surface area contributed by atoms with Crippen LogP contribution in [-0.2, 0) is 10.0 Å². The standard InChI is InChI=1S/C21H15Cl2N3O5S2/c1-31-12-3-5-17-14(9-12)20(27)15(10-24-17)13-4-2-11(8-16(13)22)25-21(28)26-33(29,30)19-7-6-18(23)32-19/h2-10H,1H3,(H,24,27)(H2,25,26,28). The van der Waals surface area contributed by atoms with Crippen molar-refractivity contribution >= 4 is 67.2 Å². The highest BCUT2D eigenvalue weighted by Gasteiger charge is 2.20. The number of aromatic amines is 1. The lowest BCUT2D eigenvalue weighted by Gasteiger charge is -2.10. The number of aromatic nitrogens is 1. The summed E-state index contributed by atoms with van der Waals surface area (Å²) in [5.74, 6) is 0.543. The molecule has 4 rings (SSSR count). The van der Waals surface area contributed by atoms with Gasteiger partial charge in [-0.2, -0.15) is 0 Å². The van der Waals surface area contributed by atoms with Gasteiger partial charge in [-0.3, -0.25) is 4.79 Å². The molecule has 0 aliphatic rings. The summed E-state index contributed by atoms with van der Waals surface area (Å²) >= 11 is 13.0. The molecule has 2 aromatic heterocycles. The predicted molar refractivity (Wildman–Crippen MR) is 130 cm³/mol. The monoisotopic (exact) mass is 523 g/mol. The van der Waals surface area contributed by atoms with Gasteiger partial charge in [0, 0.05) is 33.9 Å². The number of sulfonamides is 1. The minimum Gasteiger partial charge on any atom is -0.497 e. The molecule has 2 amide bonds. The molecule has 0 fully saturated rings. The summed E-state index contributed by atoms with van der Waals surface area (Å²) < 4.78 is 31.8. The van der Waals surface area contributed by atoms with Crippen LogP contribution in [0.2, 0.25) is 9.36 Å². The van der Waals surface area contributed by atoms with Gasteiger partial charge in [0.1, 0.15) is 9.96 Å². The minimum absolute atomic E-state index is 0.0943. The highest BCUT2D eigenvalue weighted by molar-refractivity contribution is 7.92. The topological polar surface area (TPSA) is 117 Å². The highest BCUT2D eigenvalue weighted by atomic mass is 35.5. The number of hydrogen-bond donors (Lipinski definition) is 3. The van der Waals surface area contributed by atoms with Gasteiger partial charge >= 0.3 is 6.03 Å². The van der Waals surface area contributed by atoms with Crippen LogP contribution in [0, 0.1) is 0 Å². The molecule has 0 saturated carbocycles. The molecular weight excluding hydrogens is 509 g/mol. The van der Waals surface area contributed by atoms with Gasteiger partial charge in [0.25, 0.3) is 10.0 Å². The molecule has 0 bridgehead atoms. The normalized spacial score (nSPS) is 11.4. The van der Waals surface area contributed by atoms with Gasteiger partial charge in [-0.15, -0.1) is 11.3 Å². The number of carbonyl (C=O) groups is 1. The van der Waals surface area contributed by atoms with E-state index in [2.05, 4.69) is 10.3 Å². The molecule has 0 atom stereocenters. The summed E-state index contributed by atoms with van der Waals surface area (Å²) in [5, 5.41) is 3.03. The second-order valence-corrected chi connectivity index (χ2v) is 10.8. The Morgan fingerprint density at radius 3 is 2.52 bits per heavy atom. The number of fused-ring (bicyclic) bond motifs is 1. The lowest BCUT2D eigenvalue weighted by atomic mass is 10.0. The van der Waals surface area contributed by atoms with Crippen LogP contribution < -0.4 is 20.2 Å². The molecule has 3 N–H and O–H groups in total. The van der Waals surface area contributed by atoms with E-state index in [0.29, 0.717) is 27.8 Å². The van der Waals surface area contributed by atoms with E-state index >= 15 is 0 Å². The molecule has 33 heavy (non-hydrogen) atoms. The molecule has 8 nitrogen and oxygen atoms in total. The first-order chi connectivity index (χ1) is 15.7. The fourth-order valence-corrected chi connectivity index (χ4v) is 5.78. The van der Waals surface area contributed by atoms with Crippen molar-refractivity contribution in [3.8, 4) is 16.9 Å². The molecule has 2 heterocycles. The van der Waals surface area contributed by atoms with Crippen LogP contribution in [0.4, 0.5) is 10.5 Å². The van der Waals surface area contributed by atoms with Gasteiger partial charge < -0.3 is 15.0 Å². The Labute approximate surface area is 202 Å². The summed E-state index contributed by atoms with van der Waals surface area (Å²) in [6.45, 7) is 0. The molecule has 0 spiro atoms. The second-order valence-electron chi connectivity index (χ2n) is 6.76. The quantitative estimate of drug-likeness (QED) is 0.337. The van der Waals surface area contributed by atoms with Gasteiger partial charge in [-0.1, -0.05) is 29.3 Å². The number of ether oxygens (including phenoxy) is 1. The average Bonchev–Trinajstić information content (AvgIpc) is 3.21. The van der Waals surface area contributed by atoms with Crippen LogP contribution in [0.25, 0.3) is 22.0 Å². The summed E-state index contributed by atoms with van der Waals surface area (Å²) in [7, 11) is -2.56. The number of nitrogens with one attached hydrogen (secondary N) is 3. The Balaban J connectivity index is 1.58. The van der Waals surface area contributed by atoms with E-state index in [1.807, 2.05) is 4.72 Å². The zero-order chi connectivity index (χ0) is 23.8. The Hall–Kier alpha value is -3.05. The highest BCUT2D eigenvalue weighted by Crippen LogP contribution is 2.30. The van der Waals surface area contributed by atoms with Crippen molar-refractivity contribution in [3.05, 3.63) is 74.3 Å². The molecule has 0 radical (unpaired) electrons. The number of rotatable bonds is 5. The second kappa shape index (κ2) is 9.06. The van der Waals surface area contributed by atoms with Crippen molar-refractivity contribution in [2.75, 3.05) is 12.4 Å². The Morgan fingerprint density at radius 2 is 1.85 bits per heavy atom. The molecule has 0 unspecified atom stereocenters. The lowest BCUT2D eigenvalue weighted by molar-refractivity contribution is 0.256. The fraction of sp³-hybridized carbons (Fsp3) is 0.0476. The van der Waals surface area contributed by atoms with Crippen molar-refractivity contribution in [2.24, 2.45) is 0 Å². The largest absolute Gasteiger partial charge is 0.497 e. The van der Waals surface area contributed by atoms with E-state index < -0.39 is 16.1 Å². The number of amides is 2. The zero-order valence-electron chi connectivity index (χ0n) is 16.8. The first-order valence-corrected chi connectivity index (χ1v) is 12.3. The average molecular weight is 524 g/mol. The summed E-state index contributed by atoms with van der Waals surface area (Å²) in [6, 6.07) is 11.3. The maximum absolute atomic E-state index is 13.0. The molecule has 2 aromatic carbocycles. The maximum Gasteiger partial charge on any atom is 0.333 e. The van der Waals surface area contributed by atoms with Crippen molar-refractivity contribution in [2.45, 2.75) is 4.21 Å². The third kappa shape index (κ3) is 4.83. The third-order valence-corrected chi connectivity index (χ3v) is 8.01. The number of pyridine rings is 1. The first kappa shape index (κ1) is 23.1. The predicted octanol–water partition coefficient (Wildman–Crippen LogP) is 5.08. The van der Waals surface area contributed by atoms with Gasteiger partial charge in [-0.05, 0) is 42.5 Å². The summed E-state index contributed by atoms with van der Waals surface area (Å²) in [5.41, 5.74) is 1.40. The van der Waals surface area contributed by atoms with Crippen LogP contribution in [0.3, 0.4) is 0 Å². The van der Waals surface area contributed by atoms with Crippen LogP contribution in [0.1, 0.15) is 0 Å². The number of hydrogen-bond acceptors (Lipinski definition) is 6. The lowest BCUT2D eigenvalue weighted by Crippen LogP contribution is -2.33. The third-order valence-electron chi connectivity index (χ3n) is 4.65. The number of halogens is 2. The summed E-state index contributed by atoms with van der Waals surface area (Å²) in [4.78, 5) is 28.3. The van der Waals surface area contributed by atoms with Crippen molar-refractivity contribution in [3.63, 3.8) is 0 Å². The zero-order valence-corrected chi connectivity index (χ0v) is 20.0. The van der Waals surface area contributed by atoms with E-state index in [0.717, 1.165) is 11.3 Å². The van der Waals surface area contributed by atoms with E-state index in [9.17, 15) is 18.0 Å². The number of thiophene rings is 1. The summed E-state index contributed by atoms with van der Waals surface area (Å²) in [6.07, 6.45) is 1.55. The van der Waals surface area contributed by atoms with E-state index in [-0.39, 0.29) is 24.7 Å². The number of methoxy groups -OCH3 is 1.